The van der Waals surface area contributed by atoms with E-state index >= 15 is 0 Å². The van der Waals surface area contributed by atoms with Gasteiger partial charge in [-0.25, -0.2) is 4.39 Å². The summed E-state index contributed by atoms with van der Waals surface area (Å²) < 4.78 is 55.3. The third-order valence-electron chi connectivity index (χ3n) is 3.54. The summed E-state index contributed by atoms with van der Waals surface area (Å²) in [7, 11) is 0. The van der Waals surface area contributed by atoms with Gasteiger partial charge in [0.25, 0.3) is 0 Å². The summed E-state index contributed by atoms with van der Waals surface area (Å²) in [5.41, 5.74) is -1.36. The van der Waals surface area contributed by atoms with E-state index in [1.54, 1.807) is 0 Å². The minimum absolute atomic E-state index is 0.0498. The second-order valence-electron chi connectivity index (χ2n) is 5.26. The third kappa shape index (κ3) is 2.80. The summed E-state index contributed by atoms with van der Waals surface area (Å²) in [5.74, 6) is -3.49. The van der Waals surface area contributed by atoms with Gasteiger partial charge in [-0.1, -0.05) is 5.16 Å². The molecule has 124 valence electrons. The van der Waals surface area contributed by atoms with E-state index in [1.807, 2.05) is 6.07 Å². The molecular formula is C14H8F4N4O2. The van der Waals surface area contributed by atoms with Gasteiger partial charge in [-0.15, -0.1) is 0 Å². The van der Waals surface area contributed by atoms with Crippen LogP contribution >= 0.6 is 0 Å². The number of amides is 1. The lowest BCUT2D eigenvalue weighted by Gasteiger charge is -2.09. The number of benzene rings is 1. The van der Waals surface area contributed by atoms with Crippen LogP contribution in [-0.4, -0.2) is 16.0 Å². The Hall–Kier alpha value is -2.96. The molecule has 0 atom stereocenters. The van der Waals surface area contributed by atoms with Crippen LogP contribution in [0.4, 0.5) is 23.2 Å². The first-order chi connectivity index (χ1) is 11.2. The number of nitrogens with zero attached hydrogens (tertiary/aromatic N) is 3. The van der Waals surface area contributed by atoms with Gasteiger partial charge >= 0.3 is 12.1 Å². The molecule has 1 saturated carbocycles. The average Bonchev–Trinajstić information content (AvgIpc) is 3.16. The van der Waals surface area contributed by atoms with E-state index < -0.39 is 35.0 Å². The number of hydrogen-bond acceptors (Lipinski definition) is 5. The van der Waals surface area contributed by atoms with Crippen molar-refractivity contribution in [2.75, 3.05) is 5.32 Å². The van der Waals surface area contributed by atoms with Crippen LogP contribution in [0, 0.1) is 22.6 Å². The number of nitriles is 1. The highest BCUT2D eigenvalue weighted by Gasteiger charge is 2.50. The first-order valence-corrected chi connectivity index (χ1v) is 6.69. The Balaban J connectivity index is 1.81. The Bertz CT molecular complexity index is 849. The van der Waals surface area contributed by atoms with Gasteiger partial charge in [0.05, 0.1) is 11.8 Å². The smallest absolute Gasteiger partial charge is 0.329 e. The SMILES string of the molecule is N#CC1(C(=O)Nc2ccc(-c3noc(C(F)(F)F)n3)cc2F)CC1. The summed E-state index contributed by atoms with van der Waals surface area (Å²) in [5, 5.41) is 14.3. The van der Waals surface area contributed by atoms with E-state index in [0.717, 1.165) is 12.1 Å². The maximum atomic E-state index is 14.0. The number of carbonyl (C=O) groups is 1. The zero-order valence-corrected chi connectivity index (χ0v) is 11.8. The highest BCUT2D eigenvalue weighted by molar-refractivity contribution is 5.99. The van der Waals surface area contributed by atoms with Gasteiger partial charge in [-0.2, -0.15) is 23.4 Å². The first kappa shape index (κ1) is 15.9. The van der Waals surface area contributed by atoms with Crippen molar-refractivity contribution in [2.24, 2.45) is 5.41 Å². The second kappa shape index (κ2) is 5.30. The summed E-state index contributed by atoms with van der Waals surface area (Å²) in [4.78, 5) is 15.0. The van der Waals surface area contributed by atoms with E-state index in [1.165, 1.54) is 6.07 Å². The standard InChI is InChI=1S/C14H8F4N4O2/c15-8-5-7(10-21-12(24-22-10)14(16,17)18)1-2-9(8)20-11(23)13(6-19)3-4-13/h1-2,5H,3-4H2,(H,20,23). The highest BCUT2D eigenvalue weighted by Crippen LogP contribution is 2.45. The number of aromatic nitrogens is 2. The number of anilines is 1. The lowest BCUT2D eigenvalue weighted by molar-refractivity contribution is -0.159. The van der Waals surface area contributed by atoms with Crippen molar-refractivity contribution < 1.29 is 26.9 Å². The highest BCUT2D eigenvalue weighted by atomic mass is 19.4. The average molecular weight is 340 g/mol. The number of rotatable bonds is 3. The van der Waals surface area contributed by atoms with Crippen LogP contribution in [0.1, 0.15) is 18.7 Å². The molecule has 1 heterocycles. The van der Waals surface area contributed by atoms with Gasteiger partial charge in [-0.05, 0) is 31.0 Å². The van der Waals surface area contributed by atoms with Gasteiger partial charge in [0.15, 0.2) is 0 Å². The van der Waals surface area contributed by atoms with Gasteiger partial charge in [0.2, 0.25) is 11.7 Å². The van der Waals surface area contributed by atoms with E-state index in [9.17, 15) is 22.4 Å². The molecule has 6 nitrogen and oxygen atoms in total. The zero-order valence-electron chi connectivity index (χ0n) is 11.8. The Morgan fingerprint density at radius 1 is 1.38 bits per heavy atom. The second-order valence-corrected chi connectivity index (χ2v) is 5.26. The summed E-state index contributed by atoms with van der Waals surface area (Å²) in [6, 6.07) is 5.12. The van der Waals surface area contributed by atoms with Crippen LogP contribution in [0.25, 0.3) is 11.4 Å². The third-order valence-corrected chi connectivity index (χ3v) is 3.54. The van der Waals surface area contributed by atoms with Crippen LogP contribution < -0.4 is 5.32 Å². The molecule has 1 fully saturated rings. The maximum Gasteiger partial charge on any atom is 0.471 e. The topological polar surface area (TPSA) is 91.8 Å². The maximum absolute atomic E-state index is 14.0. The largest absolute Gasteiger partial charge is 0.471 e. The Kier molecular flexibility index (Phi) is 3.51. The molecule has 0 unspecified atom stereocenters. The summed E-state index contributed by atoms with van der Waals surface area (Å²) in [6.07, 6.45) is -4.00. The Morgan fingerprint density at radius 3 is 2.58 bits per heavy atom. The zero-order chi connectivity index (χ0) is 17.5. The normalized spacial score (nSPS) is 15.6. The first-order valence-electron chi connectivity index (χ1n) is 6.69. The Labute approximate surface area is 132 Å². The van der Waals surface area contributed by atoms with Crippen LogP contribution in [0.5, 0.6) is 0 Å². The molecule has 3 rings (SSSR count). The van der Waals surface area contributed by atoms with E-state index in [4.69, 9.17) is 5.26 Å². The number of halogens is 4. The minimum atomic E-state index is -4.80. The lowest BCUT2D eigenvalue weighted by Crippen LogP contribution is -2.23. The van der Waals surface area contributed by atoms with Gasteiger partial charge in [0, 0.05) is 5.56 Å². The van der Waals surface area contributed by atoms with Gasteiger partial charge in [-0.3, -0.25) is 4.79 Å². The monoisotopic (exact) mass is 340 g/mol. The molecule has 1 amide bonds. The summed E-state index contributed by atoms with van der Waals surface area (Å²) in [6.45, 7) is 0. The van der Waals surface area contributed by atoms with Crippen LogP contribution in [0.3, 0.4) is 0 Å². The predicted octanol–water partition coefficient (Wildman–Crippen LogP) is 3.14. The molecule has 0 bridgehead atoms. The molecule has 1 aliphatic carbocycles. The molecule has 0 saturated heterocycles. The van der Waals surface area contributed by atoms with Gasteiger partial charge < -0.3 is 9.84 Å². The fourth-order valence-corrected chi connectivity index (χ4v) is 1.97. The predicted molar refractivity (Wildman–Crippen MR) is 70.6 cm³/mol. The quantitative estimate of drug-likeness (QED) is 0.867. The number of hydrogen-bond donors (Lipinski definition) is 1. The van der Waals surface area contributed by atoms with E-state index in [2.05, 4.69) is 20.0 Å². The molecule has 0 spiro atoms. The molecule has 1 aliphatic rings. The van der Waals surface area contributed by atoms with E-state index in [0.29, 0.717) is 12.8 Å². The van der Waals surface area contributed by atoms with Gasteiger partial charge in [0.1, 0.15) is 11.2 Å². The number of nitrogens with one attached hydrogen (secondary N) is 1. The van der Waals surface area contributed by atoms with Crippen molar-refractivity contribution in [1.82, 2.24) is 10.1 Å². The molecule has 0 radical (unpaired) electrons. The fraction of sp³-hybridized carbons (Fsp3) is 0.286. The molecule has 10 heteroatoms. The molecule has 24 heavy (non-hydrogen) atoms. The van der Waals surface area contributed by atoms with Crippen LogP contribution in [0.2, 0.25) is 0 Å². The van der Waals surface area contributed by atoms with Crippen molar-refractivity contribution in [2.45, 2.75) is 19.0 Å². The summed E-state index contributed by atoms with van der Waals surface area (Å²) >= 11 is 0. The van der Waals surface area contributed by atoms with Crippen LogP contribution in [-0.2, 0) is 11.0 Å². The van der Waals surface area contributed by atoms with E-state index in [-0.39, 0.29) is 11.3 Å². The molecular weight excluding hydrogens is 332 g/mol. The molecule has 1 aromatic carbocycles. The Morgan fingerprint density at radius 2 is 2.08 bits per heavy atom. The fourth-order valence-electron chi connectivity index (χ4n) is 1.97. The number of carbonyl (C=O) groups excluding carboxylic acids is 1. The van der Waals surface area contributed by atoms with Crippen molar-refractivity contribution in [3.8, 4) is 17.5 Å². The van der Waals surface area contributed by atoms with Crippen LogP contribution in [0.15, 0.2) is 22.7 Å². The molecule has 2 aromatic rings. The van der Waals surface area contributed by atoms with Crippen molar-refractivity contribution >= 4 is 11.6 Å². The minimum Gasteiger partial charge on any atom is -0.329 e. The molecule has 0 aliphatic heterocycles. The lowest BCUT2D eigenvalue weighted by atomic mass is 10.1. The van der Waals surface area contributed by atoms with Crippen molar-refractivity contribution in [3.05, 3.63) is 29.9 Å². The van der Waals surface area contributed by atoms with Crippen molar-refractivity contribution in [1.29, 1.82) is 5.26 Å². The van der Waals surface area contributed by atoms with Crippen molar-refractivity contribution in [3.63, 3.8) is 0 Å². The molecule has 1 N–H and O–H groups in total. The number of alkyl halides is 3. The molecule has 1 aromatic heterocycles.